The van der Waals surface area contributed by atoms with Gasteiger partial charge in [-0.05, 0) is 74.6 Å². The predicted molar refractivity (Wildman–Crippen MR) is 153 cm³/mol. The number of aliphatic hydroxyl groups is 2. The normalized spacial score (nSPS) is 14.2. The highest BCUT2D eigenvalue weighted by Gasteiger charge is 2.29. The van der Waals surface area contributed by atoms with Crippen LogP contribution in [0.4, 0.5) is 8.78 Å². The number of aromatic nitrogens is 2. The number of aryl methyl sites for hydroxylation is 1. The lowest BCUT2D eigenvalue weighted by atomic mass is 10.00. The molecule has 4 N–H and O–H groups in total. The number of carbonyl (C=O) groups is 2. The molecule has 2 aromatic carbocycles. The Labute approximate surface area is 244 Å². The van der Waals surface area contributed by atoms with Crippen molar-refractivity contribution in [3.8, 4) is 10.6 Å². The van der Waals surface area contributed by atoms with Crippen molar-refractivity contribution < 1.29 is 28.6 Å². The molecular weight excluding hydrogens is 570 g/mol. The number of halogens is 2. The second kappa shape index (κ2) is 14.4. The smallest absolute Gasteiger partial charge is 0.263 e. The Kier molecular flexibility index (Phi) is 10.6. The van der Waals surface area contributed by atoms with Gasteiger partial charge < -0.3 is 20.8 Å². The zero-order chi connectivity index (χ0) is 29.4. The van der Waals surface area contributed by atoms with E-state index in [9.17, 15) is 28.6 Å². The fourth-order valence-electron chi connectivity index (χ4n) is 4.13. The molecule has 2 aromatic heterocycles. The minimum atomic E-state index is -1.10. The van der Waals surface area contributed by atoms with Gasteiger partial charge in [-0.1, -0.05) is 12.1 Å². The molecule has 4 aromatic rings. The molecule has 0 radical (unpaired) electrons. The van der Waals surface area contributed by atoms with Gasteiger partial charge in [-0.25, -0.2) is 18.7 Å². The maximum atomic E-state index is 13.5. The standard InChI is InChI=1S/C29H30F2N4O4S2/c1-17(36)2-12-23(35-27(39)24-16-33-28(41-24)19-6-10-21(31)11-7-19)26(38)34-22(25(37)29-32-14-15-40-29)13-5-18-3-8-20(30)9-4-18/h3-4,6-11,14-17,22-23,25,36-37H,2,5,12-13H2,1H3,(H,34,38)(H,35,39)/t17?,22-,23-,25?/m0/s1. The number of nitrogens with one attached hydrogen (secondary N) is 2. The molecule has 2 amide bonds. The number of rotatable bonds is 13. The van der Waals surface area contributed by atoms with Crippen molar-refractivity contribution in [2.24, 2.45) is 0 Å². The van der Waals surface area contributed by atoms with Crippen LogP contribution in [0.15, 0.2) is 66.3 Å². The van der Waals surface area contributed by atoms with E-state index in [1.165, 1.54) is 41.8 Å². The molecule has 8 nitrogen and oxygen atoms in total. The molecule has 0 bridgehead atoms. The van der Waals surface area contributed by atoms with Crippen LogP contribution >= 0.6 is 22.7 Å². The fraction of sp³-hybridized carbons (Fsp3) is 0.310. The van der Waals surface area contributed by atoms with Gasteiger partial charge in [-0.3, -0.25) is 9.59 Å². The van der Waals surface area contributed by atoms with Gasteiger partial charge in [-0.2, -0.15) is 0 Å². The lowest BCUT2D eigenvalue weighted by Crippen LogP contribution is -2.51. The van der Waals surface area contributed by atoms with Crippen LogP contribution in [-0.2, 0) is 11.2 Å². The summed E-state index contributed by atoms with van der Waals surface area (Å²) in [6.07, 6.45) is 2.31. The van der Waals surface area contributed by atoms with E-state index in [4.69, 9.17) is 0 Å². The minimum absolute atomic E-state index is 0.150. The molecule has 0 saturated carbocycles. The second-order valence-corrected chi connectivity index (χ2v) is 11.5. The third-order valence-corrected chi connectivity index (χ3v) is 8.28. The zero-order valence-electron chi connectivity index (χ0n) is 22.2. The third kappa shape index (κ3) is 8.70. The third-order valence-electron chi connectivity index (χ3n) is 6.39. The first kappa shape index (κ1) is 30.4. The molecule has 0 fully saturated rings. The van der Waals surface area contributed by atoms with Gasteiger partial charge in [0.25, 0.3) is 5.91 Å². The van der Waals surface area contributed by atoms with E-state index >= 15 is 0 Å². The molecule has 12 heteroatoms. The van der Waals surface area contributed by atoms with Gasteiger partial charge in [0.1, 0.15) is 38.7 Å². The monoisotopic (exact) mass is 600 g/mol. The number of hydrogen-bond donors (Lipinski definition) is 4. The lowest BCUT2D eigenvalue weighted by molar-refractivity contribution is -0.125. The molecular formula is C29H30F2N4O4S2. The number of thiazole rings is 2. The molecule has 0 aliphatic rings. The molecule has 0 spiro atoms. The van der Waals surface area contributed by atoms with Crippen LogP contribution < -0.4 is 10.6 Å². The minimum Gasteiger partial charge on any atom is -0.393 e. The van der Waals surface area contributed by atoms with E-state index in [-0.39, 0.29) is 29.4 Å². The Morgan fingerprint density at radius 1 is 0.927 bits per heavy atom. The SMILES string of the molecule is CC(O)CC[C@H](NC(=O)c1cnc(-c2ccc(F)cc2)s1)C(=O)N[C@@H](CCc1ccc(F)cc1)C(O)c1nccs1. The molecule has 4 rings (SSSR count). The van der Waals surface area contributed by atoms with Crippen molar-refractivity contribution in [2.45, 2.75) is 56.9 Å². The number of nitrogens with zero attached hydrogens (tertiary/aromatic N) is 2. The van der Waals surface area contributed by atoms with Crippen molar-refractivity contribution in [2.75, 3.05) is 0 Å². The Morgan fingerprint density at radius 3 is 2.24 bits per heavy atom. The molecule has 2 heterocycles. The maximum Gasteiger partial charge on any atom is 0.263 e. The molecule has 0 aliphatic heterocycles. The highest BCUT2D eigenvalue weighted by molar-refractivity contribution is 7.16. The summed E-state index contributed by atoms with van der Waals surface area (Å²) in [5, 5.41) is 29.2. The van der Waals surface area contributed by atoms with Gasteiger partial charge in [0, 0.05) is 17.1 Å². The summed E-state index contributed by atoms with van der Waals surface area (Å²) in [4.78, 5) is 35.3. The number of hydrogen-bond acceptors (Lipinski definition) is 8. The van der Waals surface area contributed by atoms with E-state index in [2.05, 4.69) is 20.6 Å². The van der Waals surface area contributed by atoms with Gasteiger partial charge in [0.15, 0.2) is 0 Å². The van der Waals surface area contributed by atoms with Crippen LogP contribution in [0.25, 0.3) is 10.6 Å². The quantitative estimate of drug-likeness (QED) is 0.177. The van der Waals surface area contributed by atoms with Crippen LogP contribution in [-0.4, -0.2) is 50.2 Å². The van der Waals surface area contributed by atoms with Crippen molar-refractivity contribution in [3.63, 3.8) is 0 Å². The summed E-state index contributed by atoms with van der Waals surface area (Å²) in [5.41, 5.74) is 1.48. The Bertz CT molecular complexity index is 1410. The van der Waals surface area contributed by atoms with E-state index in [1.807, 2.05) is 0 Å². The molecule has 2 unspecified atom stereocenters. The van der Waals surface area contributed by atoms with Crippen molar-refractivity contribution in [1.29, 1.82) is 0 Å². The summed E-state index contributed by atoms with van der Waals surface area (Å²) in [6.45, 7) is 1.59. The van der Waals surface area contributed by atoms with Crippen LogP contribution in [0.3, 0.4) is 0 Å². The molecule has 41 heavy (non-hydrogen) atoms. The Morgan fingerprint density at radius 2 is 1.61 bits per heavy atom. The Hall–Kier alpha value is -3.58. The highest BCUT2D eigenvalue weighted by Crippen LogP contribution is 2.26. The van der Waals surface area contributed by atoms with Crippen molar-refractivity contribution in [1.82, 2.24) is 20.6 Å². The molecule has 4 atom stereocenters. The number of aliphatic hydroxyl groups excluding tert-OH is 2. The Balaban J connectivity index is 1.48. The maximum absolute atomic E-state index is 13.5. The molecule has 0 aliphatic carbocycles. The van der Waals surface area contributed by atoms with Gasteiger partial charge in [0.05, 0.1) is 18.3 Å². The molecule has 216 valence electrons. The van der Waals surface area contributed by atoms with Crippen molar-refractivity contribution in [3.05, 3.63) is 93.4 Å². The first-order chi connectivity index (χ1) is 19.7. The number of carbonyl (C=O) groups excluding carboxylic acids is 2. The average Bonchev–Trinajstić information content (AvgIpc) is 3.67. The summed E-state index contributed by atoms with van der Waals surface area (Å²) >= 11 is 2.35. The van der Waals surface area contributed by atoms with Gasteiger partial charge in [0.2, 0.25) is 5.91 Å². The van der Waals surface area contributed by atoms with Gasteiger partial charge >= 0.3 is 0 Å². The van der Waals surface area contributed by atoms with E-state index in [0.717, 1.165) is 16.9 Å². The van der Waals surface area contributed by atoms with Crippen LogP contribution in [0.2, 0.25) is 0 Å². The first-order valence-electron chi connectivity index (χ1n) is 13.0. The predicted octanol–water partition coefficient (Wildman–Crippen LogP) is 4.66. The van der Waals surface area contributed by atoms with Crippen LogP contribution in [0.1, 0.15) is 52.5 Å². The van der Waals surface area contributed by atoms with E-state index in [0.29, 0.717) is 28.4 Å². The highest BCUT2D eigenvalue weighted by atomic mass is 32.1. The average molecular weight is 601 g/mol. The topological polar surface area (TPSA) is 124 Å². The zero-order valence-corrected chi connectivity index (χ0v) is 23.8. The number of amides is 2. The largest absolute Gasteiger partial charge is 0.393 e. The lowest BCUT2D eigenvalue weighted by Gasteiger charge is -2.26. The second-order valence-electron chi connectivity index (χ2n) is 9.58. The summed E-state index contributed by atoms with van der Waals surface area (Å²) in [5.74, 6) is -1.79. The van der Waals surface area contributed by atoms with E-state index < -0.39 is 36.1 Å². The molecule has 0 saturated heterocycles. The van der Waals surface area contributed by atoms with Crippen LogP contribution in [0, 0.1) is 11.6 Å². The summed E-state index contributed by atoms with van der Waals surface area (Å²) < 4.78 is 26.6. The fourth-order valence-corrected chi connectivity index (χ4v) is 5.64. The van der Waals surface area contributed by atoms with Crippen molar-refractivity contribution >= 4 is 34.5 Å². The number of benzene rings is 2. The summed E-state index contributed by atoms with van der Waals surface area (Å²) in [7, 11) is 0. The van der Waals surface area contributed by atoms with Crippen LogP contribution in [0.5, 0.6) is 0 Å². The first-order valence-corrected chi connectivity index (χ1v) is 14.7. The summed E-state index contributed by atoms with van der Waals surface area (Å²) in [6, 6.07) is 9.96. The van der Waals surface area contributed by atoms with E-state index in [1.54, 1.807) is 42.8 Å². The van der Waals surface area contributed by atoms with Gasteiger partial charge in [-0.15, -0.1) is 22.7 Å².